The van der Waals surface area contributed by atoms with E-state index in [-0.39, 0.29) is 11.7 Å². The molecule has 1 amide bonds. The first-order valence-electron chi connectivity index (χ1n) is 9.69. The molecule has 2 aromatic carbocycles. The van der Waals surface area contributed by atoms with E-state index in [1.54, 1.807) is 37.6 Å². The number of aromatic nitrogens is 3. The SMILES string of the molecule is COc1cccc(-c2nnc(SCC(=O)Nc3ccc(C#N)cc3)n2Cc2ccco2)c1. The van der Waals surface area contributed by atoms with Crippen LogP contribution in [0.2, 0.25) is 0 Å². The number of anilines is 1. The molecule has 0 aliphatic heterocycles. The van der Waals surface area contributed by atoms with Crippen LogP contribution >= 0.6 is 11.8 Å². The van der Waals surface area contributed by atoms with E-state index in [2.05, 4.69) is 21.6 Å². The maximum absolute atomic E-state index is 12.4. The maximum Gasteiger partial charge on any atom is 0.234 e. The van der Waals surface area contributed by atoms with Gasteiger partial charge in [0, 0.05) is 11.3 Å². The van der Waals surface area contributed by atoms with Crippen LogP contribution in [-0.2, 0) is 11.3 Å². The number of amides is 1. The summed E-state index contributed by atoms with van der Waals surface area (Å²) < 4.78 is 12.7. The zero-order chi connectivity index (χ0) is 22.3. The number of furan rings is 1. The van der Waals surface area contributed by atoms with Crippen molar-refractivity contribution in [1.82, 2.24) is 14.8 Å². The average Bonchev–Trinajstić information content (AvgIpc) is 3.48. The van der Waals surface area contributed by atoms with Gasteiger partial charge in [-0.2, -0.15) is 5.26 Å². The molecule has 0 spiro atoms. The molecule has 0 aliphatic carbocycles. The second-order valence-corrected chi connectivity index (χ2v) is 7.67. The average molecular weight is 446 g/mol. The van der Waals surface area contributed by atoms with Crippen LogP contribution < -0.4 is 10.1 Å². The summed E-state index contributed by atoms with van der Waals surface area (Å²) in [5.74, 6) is 2.07. The van der Waals surface area contributed by atoms with Crippen molar-refractivity contribution in [3.8, 4) is 23.2 Å². The first-order chi connectivity index (χ1) is 15.7. The van der Waals surface area contributed by atoms with Gasteiger partial charge < -0.3 is 14.5 Å². The quantitative estimate of drug-likeness (QED) is 0.405. The molecule has 9 heteroatoms. The van der Waals surface area contributed by atoms with Gasteiger partial charge in [-0.1, -0.05) is 23.9 Å². The summed E-state index contributed by atoms with van der Waals surface area (Å²) in [6.45, 7) is 0.423. The minimum absolute atomic E-state index is 0.147. The van der Waals surface area contributed by atoms with Crippen LogP contribution in [0.3, 0.4) is 0 Å². The monoisotopic (exact) mass is 445 g/mol. The highest BCUT2D eigenvalue weighted by Gasteiger charge is 2.17. The van der Waals surface area contributed by atoms with Crippen molar-refractivity contribution in [2.45, 2.75) is 11.7 Å². The van der Waals surface area contributed by atoms with Crippen LogP contribution in [0.5, 0.6) is 5.75 Å². The Morgan fingerprint density at radius 2 is 2.03 bits per heavy atom. The molecule has 4 aromatic rings. The van der Waals surface area contributed by atoms with Crippen LogP contribution in [0, 0.1) is 11.3 Å². The number of thioether (sulfide) groups is 1. The van der Waals surface area contributed by atoms with E-state index < -0.39 is 0 Å². The Bertz CT molecular complexity index is 1240. The van der Waals surface area contributed by atoms with Crippen molar-refractivity contribution in [2.75, 3.05) is 18.2 Å². The molecule has 0 atom stereocenters. The van der Waals surface area contributed by atoms with E-state index in [0.29, 0.717) is 34.5 Å². The van der Waals surface area contributed by atoms with Crippen molar-refractivity contribution in [1.29, 1.82) is 5.26 Å². The molecule has 2 aromatic heterocycles. The Balaban J connectivity index is 1.52. The lowest BCUT2D eigenvalue weighted by Gasteiger charge is -2.10. The number of nitrogens with zero attached hydrogens (tertiary/aromatic N) is 4. The van der Waals surface area contributed by atoms with Gasteiger partial charge in [-0.3, -0.25) is 9.36 Å². The lowest BCUT2D eigenvalue weighted by atomic mass is 10.2. The number of nitriles is 1. The van der Waals surface area contributed by atoms with Crippen LogP contribution in [0.4, 0.5) is 5.69 Å². The van der Waals surface area contributed by atoms with E-state index in [1.807, 2.05) is 41.0 Å². The number of methoxy groups -OCH3 is 1. The van der Waals surface area contributed by atoms with Crippen LogP contribution in [0.25, 0.3) is 11.4 Å². The minimum atomic E-state index is -0.185. The Hall–Kier alpha value is -4.03. The molecule has 160 valence electrons. The molecule has 4 rings (SSSR count). The van der Waals surface area contributed by atoms with Crippen LogP contribution in [0.15, 0.2) is 76.5 Å². The van der Waals surface area contributed by atoms with Gasteiger partial charge in [-0.05, 0) is 48.5 Å². The van der Waals surface area contributed by atoms with Gasteiger partial charge in [0.05, 0.1) is 37.3 Å². The van der Waals surface area contributed by atoms with E-state index in [9.17, 15) is 4.79 Å². The summed E-state index contributed by atoms with van der Waals surface area (Å²) in [5.41, 5.74) is 2.01. The molecule has 0 unspecified atom stereocenters. The third-order valence-electron chi connectivity index (χ3n) is 4.57. The minimum Gasteiger partial charge on any atom is -0.497 e. The molecule has 0 bridgehead atoms. The number of benzene rings is 2. The first kappa shape index (κ1) is 21.2. The van der Waals surface area contributed by atoms with E-state index in [0.717, 1.165) is 11.3 Å². The van der Waals surface area contributed by atoms with E-state index in [4.69, 9.17) is 14.4 Å². The molecule has 0 saturated carbocycles. The molecule has 0 radical (unpaired) electrons. The van der Waals surface area contributed by atoms with Crippen LogP contribution in [0.1, 0.15) is 11.3 Å². The molecular weight excluding hydrogens is 426 g/mol. The fourth-order valence-corrected chi connectivity index (χ4v) is 3.77. The molecule has 8 nitrogen and oxygen atoms in total. The topological polar surface area (TPSA) is 106 Å². The number of hydrogen-bond acceptors (Lipinski definition) is 7. The first-order valence-corrected chi connectivity index (χ1v) is 10.7. The molecule has 0 aliphatic rings. The lowest BCUT2D eigenvalue weighted by Crippen LogP contribution is -2.14. The molecule has 0 saturated heterocycles. The number of carbonyl (C=O) groups excluding carboxylic acids is 1. The number of hydrogen-bond donors (Lipinski definition) is 1. The number of nitrogens with one attached hydrogen (secondary N) is 1. The van der Waals surface area contributed by atoms with Gasteiger partial charge in [0.2, 0.25) is 5.91 Å². The Labute approximate surface area is 188 Å². The summed E-state index contributed by atoms with van der Waals surface area (Å²) in [6.07, 6.45) is 1.61. The van der Waals surface area contributed by atoms with E-state index in [1.165, 1.54) is 11.8 Å². The summed E-state index contributed by atoms with van der Waals surface area (Å²) in [6, 6.07) is 20.0. The third kappa shape index (κ3) is 4.99. The number of carbonyl (C=O) groups is 1. The Kier molecular flexibility index (Phi) is 6.53. The van der Waals surface area contributed by atoms with Crippen molar-refractivity contribution in [2.24, 2.45) is 0 Å². The van der Waals surface area contributed by atoms with Gasteiger partial charge >= 0.3 is 0 Å². The predicted octanol–water partition coefficient (Wildman–Crippen LogP) is 4.20. The summed E-state index contributed by atoms with van der Waals surface area (Å²) in [7, 11) is 1.61. The van der Waals surface area contributed by atoms with Gasteiger partial charge in [0.25, 0.3) is 0 Å². The van der Waals surface area contributed by atoms with Crippen molar-refractivity contribution >= 4 is 23.4 Å². The van der Waals surface area contributed by atoms with Gasteiger partial charge in [-0.25, -0.2) is 0 Å². The molecule has 1 N–H and O–H groups in total. The van der Waals surface area contributed by atoms with Crippen LogP contribution in [-0.4, -0.2) is 33.5 Å². The number of ether oxygens (including phenoxy) is 1. The third-order valence-corrected chi connectivity index (χ3v) is 5.54. The maximum atomic E-state index is 12.4. The molecule has 32 heavy (non-hydrogen) atoms. The van der Waals surface area contributed by atoms with Gasteiger partial charge in [-0.15, -0.1) is 10.2 Å². The fraction of sp³-hybridized carbons (Fsp3) is 0.130. The Morgan fingerprint density at radius 3 is 2.75 bits per heavy atom. The zero-order valence-corrected chi connectivity index (χ0v) is 18.0. The molecular formula is C23H19N5O3S. The second-order valence-electron chi connectivity index (χ2n) is 6.73. The summed E-state index contributed by atoms with van der Waals surface area (Å²) >= 11 is 1.28. The number of rotatable bonds is 8. The summed E-state index contributed by atoms with van der Waals surface area (Å²) in [4.78, 5) is 12.4. The fourth-order valence-electron chi connectivity index (χ4n) is 3.03. The van der Waals surface area contributed by atoms with Gasteiger partial charge in [0.1, 0.15) is 11.5 Å². The van der Waals surface area contributed by atoms with E-state index >= 15 is 0 Å². The molecule has 0 fully saturated rings. The summed E-state index contributed by atoms with van der Waals surface area (Å²) in [5, 5.41) is 21.0. The highest BCUT2D eigenvalue weighted by atomic mass is 32.2. The van der Waals surface area contributed by atoms with Crippen molar-refractivity contribution in [3.05, 3.63) is 78.3 Å². The lowest BCUT2D eigenvalue weighted by molar-refractivity contribution is -0.113. The highest BCUT2D eigenvalue weighted by molar-refractivity contribution is 7.99. The molecule has 2 heterocycles. The highest BCUT2D eigenvalue weighted by Crippen LogP contribution is 2.27. The van der Waals surface area contributed by atoms with Crippen molar-refractivity contribution in [3.63, 3.8) is 0 Å². The largest absolute Gasteiger partial charge is 0.497 e. The van der Waals surface area contributed by atoms with Crippen molar-refractivity contribution < 1.29 is 13.9 Å². The predicted molar refractivity (Wildman–Crippen MR) is 120 cm³/mol. The van der Waals surface area contributed by atoms with Gasteiger partial charge in [0.15, 0.2) is 11.0 Å². The smallest absolute Gasteiger partial charge is 0.234 e. The zero-order valence-electron chi connectivity index (χ0n) is 17.2. The normalized spacial score (nSPS) is 10.5. The Morgan fingerprint density at radius 1 is 1.19 bits per heavy atom. The second kappa shape index (κ2) is 9.85. The standard InChI is InChI=1S/C23H19N5O3S/c1-30-19-5-2-4-17(12-19)22-26-27-23(28(22)14-20-6-3-11-31-20)32-15-21(29)25-18-9-7-16(13-24)8-10-18/h2-12H,14-15H2,1H3,(H,25,29).